The number of rotatable bonds is 15. The molecule has 0 saturated carbocycles. The number of benzene rings is 2. The van der Waals surface area contributed by atoms with Crippen molar-refractivity contribution in [3.05, 3.63) is 114 Å². The van der Waals surface area contributed by atoms with Crippen LogP contribution in [0.4, 0.5) is 10.1 Å². The van der Waals surface area contributed by atoms with Crippen molar-refractivity contribution in [3.63, 3.8) is 0 Å². The van der Waals surface area contributed by atoms with Crippen LogP contribution in [0.2, 0.25) is 0 Å². The molecule has 2 aromatic carbocycles. The smallest absolute Gasteiger partial charge is 0.382 e. The number of aromatic nitrogens is 4. The number of halogens is 1. The Morgan fingerprint density at radius 2 is 1.61 bits per heavy atom. The predicted molar refractivity (Wildman–Crippen MR) is 183 cm³/mol. The maximum absolute atomic E-state index is 15.8. The van der Waals surface area contributed by atoms with Crippen molar-refractivity contribution in [2.75, 3.05) is 11.9 Å². The quantitative estimate of drug-likeness (QED) is 0.111. The molecule has 0 aliphatic heterocycles. The van der Waals surface area contributed by atoms with E-state index in [2.05, 4.69) is 31.8 Å². The predicted octanol–water partition coefficient (Wildman–Crippen LogP) is 6.91. The van der Waals surface area contributed by atoms with E-state index in [9.17, 15) is 14.6 Å². The Bertz CT molecular complexity index is 1940. The summed E-state index contributed by atoms with van der Waals surface area (Å²) < 4.78 is 48.3. The number of alkyl halides is 1. The van der Waals surface area contributed by atoms with E-state index in [4.69, 9.17) is 13.6 Å². The maximum Gasteiger partial charge on any atom is 0.476 e. The number of nitriles is 1. The Morgan fingerprint density at radius 3 is 2.20 bits per heavy atom. The number of pyridine rings is 2. The second-order valence-corrected chi connectivity index (χ2v) is 13.6. The summed E-state index contributed by atoms with van der Waals surface area (Å²) in [7, 11) is -4.31. The molecule has 14 heteroatoms. The van der Waals surface area contributed by atoms with E-state index >= 15 is 4.39 Å². The van der Waals surface area contributed by atoms with Crippen molar-refractivity contribution in [1.29, 1.82) is 5.26 Å². The van der Waals surface area contributed by atoms with Gasteiger partial charge in [0.15, 0.2) is 11.5 Å². The molecule has 5 aromatic rings. The Balaban J connectivity index is 1.29. The summed E-state index contributed by atoms with van der Waals surface area (Å²) in [6.07, 6.45) is 2.56. The highest BCUT2D eigenvalue weighted by atomic mass is 31.2. The molecule has 0 spiro atoms. The van der Waals surface area contributed by atoms with E-state index in [0.29, 0.717) is 28.1 Å². The highest BCUT2D eigenvalue weighted by molar-refractivity contribution is 7.48. The minimum absolute atomic E-state index is 0.0605. The highest BCUT2D eigenvalue weighted by Crippen LogP contribution is 2.54. The highest BCUT2D eigenvalue weighted by Gasteiger charge is 2.41. The van der Waals surface area contributed by atoms with Crippen LogP contribution in [0.5, 0.6) is 0 Å². The fraction of sp³-hybridized carbons (Fsp3) is 0.286. The minimum atomic E-state index is -4.31. The molecule has 0 radical (unpaired) electrons. The molecular weight excluding hydrogens is 648 g/mol. The molecular formula is C35H37FN7O5P. The van der Waals surface area contributed by atoms with Gasteiger partial charge in [-0.05, 0) is 44.9 Å². The van der Waals surface area contributed by atoms with Crippen LogP contribution in [-0.2, 0) is 31.4 Å². The first-order chi connectivity index (χ1) is 23.5. The molecule has 12 nitrogen and oxygen atoms in total. The minimum Gasteiger partial charge on any atom is -0.382 e. The summed E-state index contributed by atoms with van der Waals surface area (Å²) in [6.45, 7) is 6.00. The Kier molecular flexibility index (Phi) is 11.2. The summed E-state index contributed by atoms with van der Waals surface area (Å²) in [5, 5.41) is 20.0. The molecule has 1 atom stereocenters. The van der Waals surface area contributed by atoms with Crippen molar-refractivity contribution < 1.29 is 27.3 Å². The monoisotopic (exact) mass is 685 g/mol. The van der Waals surface area contributed by atoms with Gasteiger partial charge >= 0.3 is 7.82 Å². The van der Waals surface area contributed by atoms with Crippen LogP contribution in [0, 0.1) is 11.3 Å². The van der Waals surface area contributed by atoms with E-state index < -0.39 is 32.0 Å². The summed E-state index contributed by atoms with van der Waals surface area (Å²) in [4.78, 5) is 22.2. The SMILES string of the molecule is CC(C)Nc1cc(-n2ncc3cc(C#N)cnc32)ncc1C(=O)NC[C@@H](F)C(C)(C)OP(=O)(OCc1ccccc1)OCc1ccccc1. The number of anilines is 1. The van der Waals surface area contributed by atoms with Crippen molar-refractivity contribution in [3.8, 4) is 11.9 Å². The van der Waals surface area contributed by atoms with Gasteiger partial charge in [0, 0.05) is 29.9 Å². The molecule has 0 fully saturated rings. The zero-order valence-corrected chi connectivity index (χ0v) is 28.4. The second-order valence-electron chi connectivity index (χ2n) is 12.0. The number of nitrogens with zero attached hydrogens (tertiary/aromatic N) is 5. The van der Waals surface area contributed by atoms with Gasteiger partial charge in [-0.2, -0.15) is 15.0 Å². The molecule has 0 aliphatic rings. The van der Waals surface area contributed by atoms with E-state index in [1.54, 1.807) is 42.6 Å². The summed E-state index contributed by atoms with van der Waals surface area (Å²) >= 11 is 0. The van der Waals surface area contributed by atoms with Crippen LogP contribution >= 0.6 is 7.82 Å². The molecule has 0 unspecified atom stereocenters. The van der Waals surface area contributed by atoms with Gasteiger partial charge in [0.25, 0.3) is 5.91 Å². The molecule has 3 aromatic heterocycles. The van der Waals surface area contributed by atoms with Crippen LogP contribution in [0.25, 0.3) is 16.9 Å². The van der Waals surface area contributed by atoms with Gasteiger partial charge in [0.05, 0.1) is 42.8 Å². The van der Waals surface area contributed by atoms with Gasteiger partial charge in [0.1, 0.15) is 17.8 Å². The van der Waals surface area contributed by atoms with Gasteiger partial charge in [-0.15, -0.1) is 0 Å². The number of hydrogen-bond acceptors (Lipinski definition) is 10. The van der Waals surface area contributed by atoms with Crippen LogP contribution in [0.15, 0.2) is 91.4 Å². The molecule has 2 N–H and O–H groups in total. The van der Waals surface area contributed by atoms with Gasteiger partial charge < -0.3 is 10.6 Å². The average Bonchev–Trinajstić information content (AvgIpc) is 3.52. The third-order valence-corrected chi connectivity index (χ3v) is 8.92. The lowest BCUT2D eigenvalue weighted by molar-refractivity contribution is -0.0221. The first-order valence-corrected chi connectivity index (χ1v) is 17.0. The lowest BCUT2D eigenvalue weighted by Crippen LogP contribution is -2.43. The van der Waals surface area contributed by atoms with Gasteiger partial charge in [-0.1, -0.05) is 60.7 Å². The number of phosphoric acid groups is 1. The Morgan fingerprint density at radius 1 is 0.980 bits per heavy atom. The van der Waals surface area contributed by atoms with Crippen molar-refractivity contribution in [2.24, 2.45) is 0 Å². The molecule has 1 amide bonds. The molecule has 254 valence electrons. The van der Waals surface area contributed by atoms with Crippen LogP contribution in [0.3, 0.4) is 0 Å². The molecule has 5 rings (SSSR count). The first kappa shape index (κ1) is 35.3. The van der Waals surface area contributed by atoms with E-state index in [0.717, 1.165) is 11.1 Å². The van der Waals surface area contributed by atoms with Crippen molar-refractivity contribution in [2.45, 2.75) is 58.7 Å². The summed E-state index contributed by atoms with van der Waals surface area (Å²) in [5.41, 5.74) is 1.25. The van der Waals surface area contributed by atoms with E-state index in [1.807, 2.05) is 50.2 Å². The number of hydrogen-bond donors (Lipinski definition) is 2. The van der Waals surface area contributed by atoms with E-state index in [-0.39, 0.29) is 24.8 Å². The maximum atomic E-state index is 15.8. The van der Waals surface area contributed by atoms with Crippen LogP contribution in [0.1, 0.15) is 54.7 Å². The molecule has 49 heavy (non-hydrogen) atoms. The summed E-state index contributed by atoms with van der Waals surface area (Å²) in [5.74, 6) is -0.210. The largest absolute Gasteiger partial charge is 0.476 e. The van der Waals surface area contributed by atoms with Gasteiger partial charge in [-0.3, -0.25) is 18.4 Å². The summed E-state index contributed by atoms with van der Waals surface area (Å²) in [6, 6.07) is 23.4. The molecule has 0 bridgehead atoms. The number of amides is 1. The Labute approximate surface area is 283 Å². The number of carbonyl (C=O) groups is 1. The zero-order valence-electron chi connectivity index (χ0n) is 27.5. The van der Waals surface area contributed by atoms with Gasteiger partial charge in [-0.25, -0.2) is 18.9 Å². The molecule has 0 saturated heterocycles. The normalized spacial score (nSPS) is 12.5. The standard InChI is InChI=1S/C35H37FN7O5P/c1-24(2)42-30-16-32(43-33-28(19-41-43)15-27(17-37)18-39-33)38-20-29(30)34(44)40-21-31(36)35(3,4)48-49(45,46-22-25-11-7-5-8-12-25)47-23-26-13-9-6-10-14-26/h5-16,18-20,24,31H,21-23H2,1-4H3,(H,38,42)(H,40,44)/t31-/m1/s1. The van der Waals surface area contributed by atoms with E-state index in [1.165, 1.54) is 30.9 Å². The fourth-order valence-electron chi connectivity index (χ4n) is 4.74. The van der Waals surface area contributed by atoms with Gasteiger partial charge in [0.2, 0.25) is 0 Å². The second kappa shape index (κ2) is 15.5. The number of carbonyl (C=O) groups excluding carboxylic acids is 1. The molecule has 0 aliphatic carbocycles. The van der Waals surface area contributed by atoms with Crippen molar-refractivity contribution >= 4 is 30.5 Å². The zero-order chi connectivity index (χ0) is 35.0. The Hall–Kier alpha value is -4.99. The number of phosphoric ester groups is 1. The lowest BCUT2D eigenvalue weighted by Gasteiger charge is -2.32. The number of nitrogens with one attached hydrogen (secondary N) is 2. The average molecular weight is 686 g/mol. The fourth-order valence-corrected chi connectivity index (χ4v) is 6.22. The number of fused-ring (bicyclic) bond motifs is 1. The topological polar surface area (TPSA) is 153 Å². The van der Waals surface area contributed by atoms with Crippen molar-refractivity contribution in [1.82, 2.24) is 25.1 Å². The van der Waals surface area contributed by atoms with Crippen LogP contribution in [-0.4, -0.2) is 50.0 Å². The third-order valence-electron chi connectivity index (χ3n) is 7.34. The lowest BCUT2D eigenvalue weighted by atomic mass is 10.0. The first-order valence-electron chi connectivity index (χ1n) is 15.6. The van der Waals surface area contributed by atoms with Crippen LogP contribution < -0.4 is 10.6 Å². The molecule has 3 heterocycles. The third kappa shape index (κ3) is 9.13.